The minimum absolute atomic E-state index is 0.109. The summed E-state index contributed by atoms with van der Waals surface area (Å²) in [7, 11) is 0. The van der Waals surface area contributed by atoms with Crippen LogP contribution < -0.4 is 4.90 Å². The van der Waals surface area contributed by atoms with Gasteiger partial charge >= 0.3 is 6.18 Å². The molecule has 0 aliphatic heterocycles. The summed E-state index contributed by atoms with van der Waals surface area (Å²) >= 11 is 0. The van der Waals surface area contributed by atoms with Gasteiger partial charge in [-0.1, -0.05) is 20.8 Å². The maximum absolute atomic E-state index is 12.6. The quantitative estimate of drug-likeness (QED) is 0.876. The lowest BCUT2D eigenvalue weighted by Crippen LogP contribution is -2.37. The number of hydrogen-bond acceptors (Lipinski definition) is 4. The van der Waals surface area contributed by atoms with Crippen LogP contribution in [0.2, 0.25) is 0 Å². The van der Waals surface area contributed by atoms with Crippen LogP contribution in [-0.4, -0.2) is 41.1 Å². The minimum atomic E-state index is -4.39. The molecule has 0 bridgehead atoms. The van der Waals surface area contributed by atoms with Gasteiger partial charge in [-0.15, -0.1) is 0 Å². The molecule has 1 aromatic heterocycles. The molecule has 0 saturated carbocycles. The maximum atomic E-state index is 12.6. The van der Waals surface area contributed by atoms with E-state index < -0.39 is 19.3 Å². The van der Waals surface area contributed by atoms with Gasteiger partial charge in [0.2, 0.25) is 0 Å². The summed E-state index contributed by atoms with van der Waals surface area (Å²) in [5.41, 5.74) is 0.729. The van der Waals surface area contributed by atoms with Gasteiger partial charge in [0.1, 0.15) is 12.4 Å². The van der Waals surface area contributed by atoms with Crippen LogP contribution in [0.25, 0.3) is 0 Å². The highest BCUT2D eigenvalue weighted by Gasteiger charge is 2.31. The Kier molecular flexibility index (Phi) is 5.58. The minimum Gasteiger partial charge on any atom is -0.395 e. The van der Waals surface area contributed by atoms with Crippen LogP contribution in [0.4, 0.5) is 19.0 Å². The van der Waals surface area contributed by atoms with Crippen LogP contribution in [0.15, 0.2) is 12.1 Å². The first kappa shape index (κ1) is 17.7. The fourth-order valence-electron chi connectivity index (χ4n) is 1.82. The number of aliphatic hydroxyl groups is 2. The predicted molar refractivity (Wildman–Crippen MR) is 74.2 cm³/mol. The number of aliphatic hydroxyl groups excluding tert-OH is 2. The number of pyridine rings is 1. The largest absolute Gasteiger partial charge is 0.405 e. The number of rotatable bonds is 5. The molecule has 7 heteroatoms. The lowest BCUT2D eigenvalue weighted by molar-refractivity contribution is -0.120. The van der Waals surface area contributed by atoms with E-state index in [0.717, 1.165) is 4.90 Å². The van der Waals surface area contributed by atoms with Crippen LogP contribution in [0.3, 0.4) is 0 Å². The van der Waals surface area contributed by atoms with Gasteiger partial charge in [-0.25, -0.2) is 4.98 Å². The highest BCUT2D eigenvalue weighted by Crippen LogP contribution is 2.27. The Morgan fingerprint density at radius 3 is 2.19 bits per heavy atom. The highest BCUT2D eigenvalue weighted by molar-refractivity contribution is 5.44. The van der Waals surface area contributed by atoms with Gasteiger partial charge in [0.05, 0.1) is 13.2 Å². The van der Waals surface area contributed by atoms with E-state index in [1.54, 1.807) is 6.07 Å². The molecule has 0 radical (unpaired) electrons. The number of alkyl halides is 3. The fraction of sp³-hybridized carbons (Fsp3) is 0.643. The zero-order chi connectivity index (χ0) is 16.3. The second kappa shape index (κ2) is 6.62. The van der Waals surface area contributed by atoms with E-state index in [-0.39, 0.29) is 24.4 Å². The van der Waals surface area contributed by atoms with E-state index in [0.29, 0.717) is 11.3 Å². The summed E-state index contributed by atoms with van der Waals surface area (Å²) in [6.45, 7) is 3.61. The van der Waals surface area contributed by atoms with Gasteiger partial charge < -0.3 is 15.1 Å². The highest BCUT2D eigenvalue weighted by atomic mass is 19.4. The molecular formula is C14H21F3N2O2. The topological polar surface area (TPSA) is 56.6 Å². The van der Waals surface area contributed by atoms with Crippen molar-refractivity contribution in [3.63, 3.8) is 0 Å². The van der Waals surface area contributed by atoms with Crippen LogP contribution >= 0.6 is 0 Å². The summed E-state index contributed by atoms with van der Waals surface area (Å²) in [5.74, 6) is 0.109. The molecule has 0 amide bonds. The Hall–Kier alpha value is -1.34. The second-order valence-electron chi connectivity index (χ2n) is 5.89. The molecule has 0 spiro atoms. The summed E-state index contributed by atoms with van der Waals surface area (Å²) in [4.78, 5) is 5.23. The van der Waals surface area contributed by atoms with Crippen molar-refractivity contribution in [2.24, 2.45) is 0 Å². The van der Waals surface area contributed by atoms with Gasteiger partial charge in [0, 0.05) is 17.7 Å². The summed E-state index contributed by atoms with van der Waals surface area (Å²) < 4.78 is 37.9. The molecule has 21 heavy (non-hydrogen) atoms. The molecule has 2 N–H and O–H groups in total. The monoisotopic (exact) mass is 306 g/mol. The maximum Gasteiger partial charge on any atom is 0.405 e. The van der Waals surface area contributed by atoms with E-state index in [9.17, 15) is 18.3 Å². The van der Waals surface area contributed by atoms with Crippen LogP contribution in [0, 0.1) is 0 Å². The Labute approximate surface area is 122 Å². The van der Waals surface area contributed by atoms with Gasteiger partial charge in [0.25, 0.3) is 0 Å². The lowest BCUT2D eigenvalue weighted by atomic mass is 9.91. The summed E-state index contributed by atoms with van der Waals surface area (Å²) in [6, 6.07) is 3.09. The average Bonchev–Trinajstić information content (AvgIpc) is 2.35. The third kappa shape index (κ3) is 5.51. The molecule has 0 unspecified atom stereocenters. The second-order valence-corrected chi connectivity index (χ2v) is 5.89. The lowest BCUT2D eigenvalue weighted by Gasteiger charge is -2.27. The first-order valence-electron chi connectivity index (χ1n) is 6.61. The molecule has 0 aromatic carbocycles. The van der Waals surface area contributed by atoms with Gasteiger partial charge in [-0.05, 0) is 17.7 Å². The molecule has 0 aliphatic carbocycles. The summed E-state index contributed by atoms with van der Waals surface area (Å²) in [6.07, 6.45) is -4.39. The number of halogens is 3. The van der Waals surface area contributed by atoms with Crippen molar-refractivity contribution in [3.8, 4) is 0 Å². The van der Waals surface area contributed by atoms with E-state index in [1.165, 1.54) is 6.07 Å². The van der Waals surface area contributed by atoms with Crippen molar-refractivity contribution in [2.45, 2.75) is 39.0 Å². The molecule has 1 aromatic rings. The number of anilines is 1. The van der Waals surface area contributed by atoms with Gasteiger partial charge in [0.15, 0.2) is 0 Å². The van der Waals surface area contributed by atoms with Crippen LogP contribution in [0.5, 0.6) is 0 Å². The number of hydrogen-bond donors (Lipinski definition) is 2. The molecule has 1 rings (SSSR count). The predicted octanol–water partition coefficient (Wildman–Crippen LogP) is 2.23. The molecule has 1 heterocycles. The van der Waals surface area contributed by atoms with E-state index >= 15 is 0 Å². The SMILES string of the molecule is CC(C)(C)c1cc(CO)cc(N(CCO)CC(F)(F)F)n1. The van der Waals surface area contributed by atoms with Crippen molar-refractivity contribution in [3.05, 3.63) is 23.4 Å². The Bertz CT molecular complexity index is 470. The Balaban J connectivity index is 3.23. The Morgan fingerprint density at radius 2 is 1.76 bits per heavy atom. The van der Waals surface area contributed by atoms with E-state index in [4.69, 9.17) is 5.11 Å². The first-order chi connectivity index (χ1) is 9.56. The fourth-order valence-corrected chi connectivity index (χ4v) is 1.82. The zero-order valence-corrected chi connectivity index (χ0v) is 12.4. The average molecular weight is 306 g/mol. The molecular weight excluding hydrogens is 285 g/mol. The number of nitrogens with zero attached hydrogens (tertiary/aromatic N) is 2. The summed E-state index contributed by atoms with van der Waals surface area (Å²) in [5, 5.41) is 18.2. The van der Waals surface area contributed by atoms with Crippen LogP contribution in [0.1, 0.15) is 32.0 Å². The standard InChI is InChI=1S/C14H21F3N2O2/c1-13(2,3)11-6-10(8-21)7-12(18-11)19(4-5-20)9-14(15,16)17/h6-7,20-21H,4-5,8-9H2,1-3H3. The Morgan fingerprint density at radius 1 is 1.14 bits per heavy atom. The third-order valence-electron chi connectivity index (χ3n) is 2.89. The van der Waals surface area contributed by atoms with E-state index in [2.05, 4.69) is 4.98 Å². The van der Waals surface area contributed by atoms with Gasteiger partial charge in [-0.2, -0.15) is 13.2 Å². The van der Waals surface area contributed by atoms with E-state index in [1.807, 2.05) is 20.8 Å². The van der Waals surface area contributed by atoms with Gasteiger partial charge in [-0.3, -0.25) is 0 Å². The zero-order valence-electron chi connectivity index (χ0n) is 12.4. The van der Waals surface area contributed by atoms with Crippen molar-refractivity contribution in [1.82, 2.24) is 4.98 Å². The smallest absolute Gasteiger partial charge is 0.395 e. The van der Waals surface area contributed by atoms with Crippen molar-refractivity contribution in [1.29, 1.82) is 0 Å². The normalized spacial score (nSPS) is 12.6. The molecule has 0 saturated heterocycles. The molecule has 0 fully saturated rings. The molecule has 120 valence electrons. The number of aromatic nitrogens is 1. The van der Waals surface area contributed by atoms with Crippen molar-refractivity contribution < 1.29 is 23.4 Å². The van der Waals surface area contributed by atoms with Crippen LogP contribution in [-0.2, 0) is 12.0 Å². The van der Waals surface area contributed by atoms with Crippen molar-refractivity contribution in [2.75, 3.05) is 24.6 Å². The molecule has 0 aliphatic rings. The first-order valence-corrected chi connectivity index (χ1v) is 6.61. The molecule has 0 atom stereocenters. The molecule has 4 nitrogen and oxygen atoms in total. The third-order valence-corrected chi connectivity index (χ3v) is 2.89. The van der Waals surface area contributed by atoms with Crippen molar-refractivity contribution >= 4 is 5.82 Å².